The molecule has 1 aliphatic rings. The van der Waals surface area contributed by atoms with Crippen molar-refractivity contribution < 1.29 is 19.1 Å². The highest BCUT2D eigenvalue weighted by Crippen LogP contribution is 2.30. The minimum Gasteiger partial charge on any atom is -0.497 e. The smallest absolute Gasteiger partial charge is 0.410 e. The maximum absolute atomic E-state index is 13.6. The highest BCUT2D eigenvalue weighted by Gasteiger charge is 2.33. The largest absolute Gasteiger partial charge is 0.497 e. The maximum atomic E-state index is 13.6. The van der Waals surface area contributed by atoms with Crippen LogP contribution in [0, 0.1) is 5.92 Å². The van der Waals surface area contributed by atoms with E-state index < -0.39 is 5.60 Å². The van der Waals surface area contributed by atoms with E-state index in [1.807, 2.05) is 51.1 Å². The number of halogens is 1. The molecule has 1 aromatic heterocycles. The molecule has 0 N–H and O–H groups in total. The molecular formula is C24H30BrN3O4. The van der Waals surface area contributed by atoms with Crippen molar-refractivity contribution in [2.24, 2.45) is 5.92 Å². The summed E-state index contributed by atoms with van der Waals surface area (Å²) in [5.41, 5.74) is 1.18. The van der Waals surface area contributed by atoms with E-state index in [-0.39, 0.29) is 17.9 Å². The zero-order chi connectivity index (χ0) is 23.3. The summed E-state index contributed by atoms with van der Waals surface area (Å²) < 4.78 is 11.5. The maximum Gasteiger partial charge on any atom is 0.410 e. The molecule has 1 aromatic carbocycles. The van der Waals surface area contributed by atoms with Gasteiger partial charge in [0.2, 0.25) is 5.91 Å². The van der Waals surface area contributed by atoms with Crippen LogP contribution in [0.3, 0.4) is 0 Å². The minimum absolute atomic E-state index is 0.0263. The number of piperidine rings is 1. The fourth-order valence-electron chi connectivity index (χ4n) is 3.62. The fourth-order valence-corrected chi connectivity index (χ4v) is 4.05. The van der Waals surface area contributed by atoms with Crippen LogP contribution in [0.25, 0.3) is 0 Å². The van der Waals surface area contributed by atoms with Crippen LogP contribution in [-0.2, 0) is 16.1 Å². The number of carbonyl (C=O) groups excluding carboxylic acids is 2. The summed E-state index contributed by atoms with van der Waals surface area (Å²) in [5, 5.41) is 0. The first-order valence-corrected chi connectivity index (χ1v) is 11.5. The Hall–Kier alpha value is -2.61. The summed E-state index contributed by atoms with van der Waals surface area (Å²) in [6, 6.07) is 9.50. The van der Waals surface area contributed by atoms with E-state index in [1.54, 1.807) is 29.3 Å². The molecule has 3 rings (SSSR count). The normalized spacial score (nSPS) is 14.7. The molecule has 32 heavy (non-hydrogen) atoms. The van der Waals surface area contributed by atoms with Crippen molar-refractivity contribution in [3.8, 4) is 5.75 Å². The molecule has 1 saturated heterocycles. The molecule has 2 amide bonds. The lowest BCUT2D eigenvalue weighted by molar-refractivity contribution is -0.124. The van der Waals surface area contributed by atoms with Crippen molar-refractivity contribution in [1.29, 1.82) is 0 Å². The zero-order valence-electron chi connectivity index (χ0n) is 19.0. The van der Waals surface area contributed by atoms with Crippen molar-refractivity contribution >= 4 is 33.6 Å². The van der Waals surface area contributed by atoms with Gasteiger partial charge in [0.15, 0.2) is 0 Å². The first-order chi connectivity index (χ1) is 15.2. The van der Waals surface area contributed by atoms with Crippen LogP contribution < -0.4 is 9.64 Å². The fraction of sp³-hybridized carbons (Fsp3) is 0.458. The quantitative estimate of drug-likeness (QED) is 0.571. The molecule has 0 unspecified atom stereocenters. The van der Waals surface area contributed by atoms with E-state index in [1.165, 1.54) is 0 Å². The highest BCUT2D eigenvalue weighted by molar-refractivity contribution is 9.10. The minimum atomic E-state index is -0.536. The Morgan fingerprint density at radius 1 is 1.16 bits per heavy atom. The number of amides is 2. The number of benzene rings is 1. The van der Waals surface area contributed by atoms with Crippen molar-refractivity contribution in [2.45, 2.75) is 45.8 Å². The standard InChI is InChI=1S/C24H30BrN3O4/c1-24(2,3)32-23(30)27-13-10-18(11-14-27)22(29)28(21-15-26-12-9-20(21)25)16-17-5-7-19(31-4)8-6-17/h5-9,12,15,18H,10-11,13-14,16H2,1-4H3. The number of nitrogens with zero attached hydrogens (tertiary/aromatic N) is 3. The van der Waals surface area contributed by atoms with Gasteiger partial charge >= 0.3 is 6.09 Å². The van der Waals surface area contributed by atoms with Crippen molar-refractivity contribution in [2.75, 3.05) is 25.1 Å². The van der Waals surface area contributed by atoms with E-state index in [0.29, 0.717) is 32.5 Å². The molecule has 8 heteroatoms. The van der Waals surface area contributed by atoms with E-state index >= 15 is 0 Å². The van der Waals surface area contributed by atoms with Crippen molar-refractivity contribution in [3.63, 3.8) is 0 Å². The number of carbonyl (C=O) groups is 2. The number of likely N-dealkylation sites (tertiary alicyclic amines) is 1. The van der Waals surface area contributed by atoms with Crippen LogP contribution in [0.4, 0.5) is 10.5 Å². The Kier molecular flexibility index (Phi) is 7.77. The summed E-state index contributed by atoms with van der Waals surface area (Å²) in [5.74, 6) is 0.612. The second kappa shape index (κ2) is 10.3. The zero-order valence-corrected chi connectivity index (χ0v) is 20.6. The van der Waals surface area contributed by atoms with E-state index in [2.05, 4.69) is 20.9 Å². The van der Waals surface area contributed by atoms with Gasteiger partial charge in [0, 0.05) is 29.7 Å². The number of hydrogen-bond acceptors (Lipinski definition) is 5. The number of rotatable bonds is 5. The Morgan fingerprint density at radius 2 is 1.81 bits per heavy atom. The summed E-state index contributed by atoms with van der Waals surface area (Å²) in [6.45, 7) is 6.96. The van der Waals surface area contributed by atoms with Crippen LogP contribution in [0.1, 0.15) is 39.2 Å². The lowest BCUT2D eigenvalue weighted by Crippen LogP contribution is -2.45. The first-order valence-electron chi connectivity index (χ1n) is 10.7. The number of aromatic nitrogens is 1. The molecule has 2 aromatic rings. The van der Waals surface area contributed by atoms with Crippen LogP contribution in [-0.4, -0.2) is 47.7 Å². The lowest BCUT2D eigenvalue weighted by Gasteiger charge is -2.35. The third-order valence-electron chi connectivity index (χ3n) is 5.30. The number of anilines is 1. The SMILES string of the molecule is COc1ccc(CN(C(=O)C2CCN(C(=O)OC(C)(C)C)CC2)c2cnccc2Br)cc1. The molecule has 0 radical (unpaired) electrons. The molecule has 0 aliphatic carbocycles. The van der Waals surface area contributed by atoms with Gasteiger partial charge in [0.25, 0.3) is 0 Å². The van der Waals surface area contributed by atoms with Crippen LogP contribution >= 0.6 is 15.9 Å². The van der Waals surface area contributed by atoms with E-state index in [0.717, 1.165) is 21.5 Å². The number of pyridine rings is 1. The third kappa shape index (κ3) is 6.22. The van der Waals surface area contributed by atoms with Gasteiger partial charge in [-0.2, -0.15) is 0 Å². The molecule has 1 aliphatic heterocycles. The van der Waals surface area contributed by atoms with Gasteiger partial charge < -0.3 is 19.3 Å². The average Bonchev–Trinajstić information content (AvgIpc) is 2.77. The van der Waals surface area contributed by atoms with Gasteiger partial charge in [0.05, 0.1) is 25.5 Å². The third-order valence-corrected chi connectivity index (χ3v) is 5.97. The predicted octanol–water partition coefficient (Wildman–Crippen LogP) is 5.03. The Morgan fingerprint density at radius 3 is 2.38 bits per heavy atom. The van der Waals surface area contributed by atoms with E-state index in [4.69, 9.17) is 9.47 Å². The Labute approximate surface area is 197 Å². The molecular weight excluding hydrogens is 474 g/mol. The molecule has 0 bridgehead atoms. The Bertz CT molecular complexity index is 935. The van der Waals surface area contributed by atoms with Crippen molar-refractivity contribution in [3.05, 3.63) is 52.8 Å². The molecule has 2 heterocycles. The molecule has 172 valence electrons. The monoisotopic (exact) mass is 503 g/mol. The second-order valence-electron chi connectivity index (χ2n) is 8.84. The van der Waals surface area contributed by atoms with Crippen LogP contribution in [0.5, 0.6) is 5.75 Å². The lowest BCUT2D eigenvalue weighted by atomic mass is 9.95. The number of hydrogen-bond donors (Lipinski definition) is 0. The number of methoxy groups -OCH3 is 1. The summed E-state index contributed by atoms with van der Waals surface area (Å²) >= 11 is 3.56. The van der Waals surface area contributed by atoms with Gasteiger partial charge in [-0.25, -0.2) is 4.79 Å². The summed E-state index contributed by atoms with van der Waals surface area (Å²) in [7, 11) is 1.63. The van der Waals surface area contributed by atoms with Gasteiger partial charge in [0.1, 0.15) is 11.4 Å². The van der Waals surface area contributed by atoms with Gasteiger partial charge in [-0.05, 0) is 73.3 Å². The topological polar surface area (TPSA) is 72.0 Å². The molecule has 0 spiro atoms. The Balaban J connectivity index is 1.74. The summed E-state index contributed by atoms with van der Waals surface area (Å²) in [4.78, 5) is 33.6. The average molecular weight is 504 g/mol. The van der Waals surface area contributed by atoms with Crippen LogP contribution in [0.2, 0.25) is 0 Å². The van der Waals surface area contributed by atoms with E-state index in [9.17, 15) is 9.59 Å². The van der Waals surface area contributed by atoms with Crippen LogP contribution in [0.15, 0.2) is 47.2 Å². The second-order valence-corrected chi connectivity index (χ2v) is 9.70. The molecule has 0 atom stereocenters. The van der Waals surface area contributed by atoms with Crippen molar-refractivity contribution in [1.82, 2.24) is 9.88 Å². The van der Waals surface area contributed by atoms with Gasteiger partial charge in [-0.3, -0.25) is 9.78 Å². The van der Waals surface area contributed by atoms with Gasteiger partial charge in [-0.15, -0.1) is 0 Å². The predicted molar refractivity (Wildman–Crippen MR) is 127 cm³/mol. The molecule has 0 saturated carbocycles. The number of ether oxygens (including phenoxy) is 2. The van der Waals surface area contributed by atoms with Gasteiger partial charge in [-0.1, -0.05) is 12.1 Å². The molecule has 7 nitrogen and oxygen atoms in total. The summed E-state index contributed by atoms with van der Waals surface area (Å²) in [6.07, 6.45) is 4.24. The molecule has 1 fully saturated rings. The first kappa shape index (κ1) is 24.0. The highest BCUT2D eigenvalue weighted by atomic mass is 79.9.